The van der Waals surface area contributed by atoms with Crippen molar-refractivity contribution in [3.05, 3.63) is 47.8 Å². The van der Waals surface area contributed by atoms with Crippen molar-refractivity contribution in [1.29, 1.82) is 0 Å². The Labute approximate surface area is 147 Å². The summed E-state index contributed by atoms with van der Waals surface area (Å²) >= 11 is 0. The first kappa shape index (κ1) is 16.6. The molecule has 3 aromatic rings. The Morgan fingerprint density at radius 1 is 1.27 bits per heavy atom. The minimum absolute atomic E-state index is 0.0493. The standard InChI is InChI=1S/C18H15F3N4O/c1-10-14(20)3-2-13(18(10)21)11-4-16-15(22-5-11)6-23-25(16)9-17(26)24-7-12(19)8-24/h2-6,12H,7-9H2,1H3. The first-order valence-corrected chi connectivity index (χ1v) is 8.12. The number of nitrogens with zero attached hydrogens (tertiary/aromatic N) is 4. The van der Waals surface area contributed by atoms with Crippen molar-refractivity contribution in [1.82, 2.24) is 19.7 Å². The van der Waals surface area contributed by atoms with Crippen LogP contribution in [0.4, 0.5) is 13.2 Å². The topological polar surface area (TPSA) is 51.0 Å². The van der Waals surface area contributed by atoms with E-state index >= 15 is 0 Å². The predicted octanol–water partition coefficient (Wildman–Crippen LogP) is 2.87. The molecule has 0 spiro atoms. The van der Waals surface area contributed by atoms with Gasteiger partial charge in [-0.05, 0) is 25.1 Å². The molecule has 3 heterocycles. The van der Waals surface area contributed by atoms with Crippen molar-refractivity contribution in [2.45, 2.75) is 19.6 Å². The minimum Gasteiger partial charge on any atom is -0.335 e. The number of fused-ring (bicyclic) bond motifs is 1. The lowest BCUT2D eigenvalue weighted by atomic mass is 10.0. The van der Waals surface area contributed by atoms with E-state index in [0.29, 0.717) is 16.6 Å². The molecule has 0 radical (unpaired) electrons. The molecule has 2 aromatic heterocycles. The quantitative estimate of drug-likeness (QED) is 0.722. The lowest BCUT2D eigenvalue weighted by Gasteiger charge is -2.34. The highest BCUT2D eigenvalue weighted by Crippen LogP contribution is 2.28. The monoisotopic (exact) mass is 360 g/mol. The van der Waals surface area contributed by atoms with Gasteiger partial charge < -0.3 is 4.90 Å². The van der Waals surface area contributed by atoms with E-state index in [-0.39, 0.29) is 36.7 Å². The third kappa shape index (κ3) is 2.71. The zero-order valence-electron chi connectivity index (χ0n) is 13.9. The summed E-state index contributed by atoms with van der Waals surface area (Å²) in [6.45, 7) is 1.52. The SMILES string of the molecule is Cc1c(F)ccc(-c2cnc3cnn(CC(=O)N4CC(F)C4)c3c2)c1F. The zero-order chi connectivity index (χ0) is 18.4. The number of hydrogen-bond acceptors (Lipinski definition) is 3. The molecule has 4 rings (SSSR count). The fourth-order valence-electron chi connectivity index (χ4n) is 2.97. The van der Waals surface area contributed by atoms with E-state index in [4.69, 9.17) is 0 Å². The number of carbonyl (C=O) groups excluding carboxylic acids is 1. The Hall–Kier alpha value is -2.90. The molecule has 0 saturated carbocycles. The largest absolute Gasteiger partial charge is 0.335 e. The molecule has 1 amide bonds. The lowest BCUT2D eigenvalue weighted by Crippen LogP contribution is -2.52. The van der Waals surface area contributed by atoms with Gasteiger partial charge in [0.05, 0.1) is 24.8 Å². The van der Waals surface area contributed by atoms with Crippen LogP contribution >= 0.6 is 0 Å². The van der Waals surface area contributed by atoms with Crippen LogP contribution < -0.4 is 0 Å². The first-order chi connectivity index (χ1) is 12.4. The maximum absolute atomic E-state index is 14.4. The summed E-state index contributed by atoms with van der Waals surface area (Å²) in [5.41, 5.74) is 1.72. The van der Waals surface area contributed by atoms with E-state index in [2.05, 4.69) is 10.1 Å². The summed E-state index contributed by atoms with van der Waals surface area (Å²) < 4.78 is 42.2. The highest BCUT2D eigenvalue weighted by atomic mass is 19.1. The number of carbonyl (C=O) groups is 1. The fraction of sp³-hybridized carbons (Fsp3) is 0.278. The van der Waals surface area contributed by atoms with Crippen LogP contribution in [0.25, 0.3) is 22.2 Å². The summed E-state index contributed by atoms with van der Waals surface area (Å²) in [4.78, 5) is 17.8. The Morgan fingerprint density at radius 2 is 2.04 bits per heavy atom. The van der Waals surface area contributed by atoms with Crippen LogP contribution in [0.5, 0.6) is 0 Å². The zero-order valence-corrected chi connectivity index (χ0v) is 13.9. The van der Waals surface area contributed by atoms with Crippen molar-refractivity contribution < 1.29 is 18.0 Å². The molecule has 1 fully saturated rings. The van der Waals surface area contributed by atoms with E-state index in [1.54, 1.807) is 6.07 Å². The second kappa shape index (κ2) is 6.12. The molecule has 1 aromatic carbocycles. The molecule has 1 saturated heterocycles. The number of rotatable bonds is 3. The van der Waals surface area contributed by atoms with E-state index in [9.17, 15) is 18.0 Å². The maximum atomic E-state index is 14.4. The Balaban J connectivity index is 1.69. The van der Waals surface area contributed by atoms with Crippen LogP contribution in [0.3, 0.4) is 0 Å². The average Bonchev–Trinajstić information content (AvgIpc) is 2.99. The van der Waals surface area contributed by atoms with Crippen LogP contribution in [-0.4, -0.2) is 44.8 Å². The van der Waals surface area contributed by atoms with Gasteiger partial charge in [0.1, 0.15) is 29.9 Å². The van der Waals surface area contributed by atoms with E-state index in [1.165, 1.54) is 41.0 Å². The molecule has 1 aliphatic heterocycles. The molecule has 0 aliphatic carbocycles. The summed E-state index contributed by atoms with van der Waals surface area (Å²) in [6.07, 6.45) is 2.02. The van der Waals surface area contributed by atoms with Crippen LogP contribution in [0.2, 0.25) is 0 Å². The van der Waals surface area contributed by atoms with Gasteiger partial charge in [0.15, 0.2) is 0 Å². The van der Waals surface area contributed by atoms with Crippen molar-refractivity contribution in [2.24, 2.45) is 0 Å². The molecule has 26 heavy (non-hydrogen) atoms. The number of aromatic nitrogens is 3. The van der Waals surface area contributed by atoms with Gasteiger partial charge in [-0.3, -0.25) is 14.5 Å². The molecule has 0 atom stereocenters. The normalized spacial score (nSPS) is 14.7. The summed E-state index contributed by atoms with van der Waals surface area (Å²) in [7, 11) is 0. The van der Waals surface area contributed by atoms with Crippen molar-refractivity contribution in [3.8, 4) is 11.1 Å². The van der Waals surface area contributed by atoms with Gasteiger partial charge in [-0.1, -0.05) is 0 Å². The van der Waals surface area contributed by atoms with Crippen LogP contribution in [0.1, 0.15) is 5.56 Å². The predicted molar refractivity (Wildman–Crippen MR) is 89.1 cm³/mol. The van der Waals surface area contributed by atoms with Crippen LogP contribution in [0.15, 0.2) is 30.6 Å². The Bertz CT molecular complexity index is 1010. The number of benzene rings is 1. The number of amides is 1. The number of alkyl halides is 1. The van der Waals surface area contributed by atoms with Gasteiger partial charge in [0.2, 0.25) is 5.91 Å². The molecule has 0 bridgehead atoms. The molecular formula is C18H15F3N4O. The number of hydrogen-bond donors (Lipinski definition) is 0. The number of halogens is 3. The van der Waals surface area contributed by atoms with E-state index in [1.807, 2.05) is 0 Å². The van der Waals surface area contributed by atoms with Crippen LogP contribution in [-0.2, 0) is 11.3 Å². The van der Waals surface area contributed by atoms with E-state index < -0.39 is 17.8 Å². The summed E-state index contributed by atoms with van der Waals surface area (Å²) in [6, 6.07) is 4.22. The van der Waals surface area contributed by atoms with Gasteiger partial charge >= 0.3 is 0 Å². The fourth-order valence-corrected chi connectivity index (χ4v) is 2.97. The summed E-state index contributed by atoms with van der Waals surface area (Å²) in [5, 5.41) is 4.14. The smallest absolute Gasteiger partial charge is 0.244 e. The second-order valence-electron chi connectivity index (χ2n) is 6.36. The van der Waals surface area contributed by atoms with Crippen LogP contribution in [0, 0.1) is 18.6 Å². The van der Waals surface area contributed by atoms with Gasteiger partial charge in [-0.25, -0.2) is 13.2 Å². The molecule has 1 aliphatic rings. The molecule has 8 heteroatoms. The molecular weight excluding hydrogens is 345 g/mol. The minimum atomic E-state index is -0.966. The Kier molecular flexibility index (Phi) is 3.90. The van der Waals surface area contributed by atoms with Gasteiger partial charge in [-0.2, -0.15) is 5.10 Å². The molecule has 0 unspecified atom stereocenters. The molecule has 0 N–H and O–H groups in total. The van der Waals surface area contributed by atoms with E-state index in [0.717, 1.165) is 0 Å². The lowest BCUT2D eigenvalue weighted by molar-refractivity contribution is -0.139. The third-order valence-electron chi connectivity index (χ3n) is 4.60. The average molecular weight is 360 g/mol. The van der Waals surface area contributed by atoms with Crippen molar-refractivity contribution in [3.63, 3.8) is 0 Å². The second-order valence-corrected chi connectivity index (χ2v) is 6.36. The molecule has 134 valence electrons. The first-order valence-electron chi connectivity index (χ1n) is 8.12. The van der Waals surface area contributed by atoms with Crippen molar-refractivity contribution in [2.75, 3.05) is 13.1 Å². The summed E-state index contributed by atoms with van der Waals surface area (Å²) in [5.74, 6) is -1.50. The Morgan fingerprint density at radius 3 is 2.77 bits per heavy atom. The third-order valence-corrected chi connectivity index (χ3v) is 4.60. The van der Waals surface area contributed by atoms with Gasteiger partial charge in [0, 0.05) is 22.9 Å². The maximum Gasteiger partial charge on any atom is 0.244 e. The highest BCUT2D eigenvalue weighted by Gasteiger charge is 2.30. The van der Waals surface area contributed by atoms with Gasteiger partial charge in [-0.15, -0.1) is 0 Å². The van der Waals surface area contributed by atoms with Crippen molar-refractivity contribution >= 4 is 16.9 Å². The number of pyridine rings is 1. The van der Waals surface area contributed by atoms with Gasteiger partial charge in [0.25, 0.3) is 0 Å². The number of likely N-dealkylation sites (tertiary alicyclic amines) is 1. The highest BCUT2D eigenvalue weighted by molar-refractivity contribution is 5.83. The molecule has 5 nitrogen and oxygen atoms in total.